The van der Waals surface area contributed by atoms with Crippen LogP contribution in [0.3, 0.4) is 0 Å². The standard InChI is InChI=1S/C17H23N3O/c1-3-13-11-15(20(4-2)19-13)17(21)14-9-5-7-12-8-6-10-18-16(12)14/h6,8,10-11,14,17,21H,3-5,7,9H2,1-2H3. The van der Waals surface area contributed by atoms with Gasteiger partial charge in [0.05, 0.1) is 11.4 Å². The van der Waals surface area contributed by atoms with Gasteiger partial charge in [-0.1, -0.05) is 13.0 Å². The van der Waals surface area contributed by atoms with Gasteiger partial charge in [0.2, 0.25) is 0 Å². The van der Waals surface area contributed by atoms with Crippen LogP contribution in [-0.4, -0.2) is 19.9 Å². The Labute approximate surface area is 125 Å². The van der Waals surface area contributed by atoms with E-state index in [1.54, 1.807) is 0 Å². The lowest BCUT2D eigenvalue weighted by atomic mass is 9.82. The zero-order valence-corrected chi connectivity index (χ0v) is 12.8. The van der Waals surface area contributed by atoms with Crippen molar-refractivity contribution in [1.82, 2.24) is 14.8 Å². The number of hydrogen-bond acceptors (Lipinski definition) is 3. The third kappa shape index (κ3) is 2.60. The first-order valence-electron chi connectivity index (χ1n) is 7.93. The zero-order chi connectivity index (χ0) is 14.8. The van der Waals surface area contributed by atoms with Gasteiger partial charge >= 0.3 is 0 Å². The molecule has 2 unspecified atom stereocenters. The van der Waals surface area contributed by atoms with Crippen LogP contribution in [0, 0.1) is 0 Å². The third-order valence-corrected chi connectivity index (χ3v) is 4.45. The zero-order valence-electron chi connectivity index (χ0n) is 12.8. The molecule has 0 aliphatic heterocycles. The summed E-state index contributed by atoms with van der Waals surface area (Å²) in [5, 5.41) is 15.5. The molecule has 2 atom stereocenters. The van der Waals surface area contributed by atoms with Gasteiger partial charge in [-0.25, -0.2) is 0 Å². The molecule has 0 fully saturated rings. The molecule has 2 aromatic heterocycles. The fourth-order valence-corrected chi connectivity index (χ4v) is 3.31. The Morgan fingerprint density at radius 1 is 1.43 bits per heavy atom. The molecular weight excluding hydrogens is 262 g/mol. The van der Waals surface area contributed by atoms with Gasteiger partial charge in [0.25, 0.3) is 0 Å². The summed E-state index contributed by atoms with van der Waals surface area (Å²) in [5.41, 5.74) is 4.32. The number of nitrogens with zero attached hydrogens (tertiary/aromatic N) is 3. The Hall–Kier alpha value is -1.68. The van der Waals surface area contributed by atoms with Gasteiger partial charge in [-0.05, 0) is 50.3 Å². The average Bonchev–Trinajstić information content (AvgIpc) is 2.97. The van der Waals surface area contributed by atoms with Crippen molar-refractivity contribution in [2.75, 3.05) is 0 Å². The van der Waals surface area contributed by atoms with Crippen molar-refractivity contribution in [3.05, 3.63) is 47.0 Å². The second-order valence-electron chi connectivity index (χ2n) is 5.72. The molecule has 4 nitrogen and oxygen atoms in total. The number of aryl methyl sites for hydroxylation is 3. The molecule has 3 rings (SSSR count). The van der Waals surface area contributed by atoms with E-state index >= 15 is 0 Å². The molecule has 0 amide bonds. The van der Waals surface area contributed by atoms with E-state index in [4.69, 9.17) is 0 Å². The van der Waals surface area contributed by atoms with Crippen LogP contribution in [0.15, 0.2) is 24.4 Å². The molecule has 0 saturated carbocycles. The Kier molecular flexibility index (Phi) is 4.06. The summed E-state index contributed by atoms with van der Waals surface area (Å²) in [5.74, 6) is 0.0849. The molecule has 2 aromatic rings. The number of fused-ring (bicyclic) bond motifs is 1. The van der Waals surface area contributed by atoms with Gasteiger partial charge in [0.15, 0.2) is 0 Å². The van der Waals surface area contributed by atoms with Gasteiger partial charge in [-0.3, -0.25) is 9.67 Å². The minimum Gasteiger partial charge on any atom is -0.386 e. The summed E-state index contributed by atoms with van der Waals surface area (Å²) in [6.07, 6.45) is 5.37. The third-order valence-electron chi connectivity index (χ3n) is 4.45. The smallest absolute Gasteiger partial charge is 0.104 e. The molecule has 0 bridgehead atoms. The minimum absolute atomic E-state index is 0.0849. The fourth-order valence-electron chi connectivity index (χ4n) is 3.31. The van der Waals surface area contributed by atoms with Crippen molar-refractivity contribution in [2.45, 2.75) is 58.1 Å². The normalized spacial score (nSPS) is 19.3. The highest BCUT2D eigenvalue weighted by Gasteiger charge is 2.30. The van der Waals surface area contributed by atoms with Crippen LogP contribution < -0.4 is 0 Å². The Balaban J connectivity index is 1.96. The molecule has 1 aliphatic carbocycles. The van der Waals surface area contributed by atoms with E-state index in [0.29, 0.717) is 0 Å². The van der Waals surface area contributed by atoms with Gasteiger partial charge in [-0.15, -0.1) is 0 Å². The number of aliphatic hydroxyl groups is 1. The van der Waals surface area contributed by atoms with E-state index in [1.807, 2.05) is 23.0 Å². The summed E-state index contributed by atoms with van der Waals surface area (Å²) in [4.78, 5) is 4.54. The highest BCUT2D eigenvalue weighted by Crippen LogP contribution is 2.39. The Morgan fingerprint density at radius 2 is 2.29 bits per heavy atom. The number of pyridine rings is 1. The molecule has 0 radical (unpaired) electrons. The Morgan fingerprint density at radius 3 is 3.05 bits per heavy atom. The number of aliphatic hydroxyl groups excluding tert-OH is 1. The average molecular weight is 285 g/mol. The van der Waals surface area contributed by atoms with Crippen molar-refractivity contribution in [1.29, 1.82) is 0 Å². The first-order valence-corrected chi connectivity index (χ1v) is 7.93. The SMILES string of the molecule is CCc1cc(C(O)C2CCCc3cccnc32)n(CC)n1. The molecule has 112 valence electrons. The summed E-state index contributed by atoms with van der Waals surface area (Å²) in [6.45, 7) is 4.94. The van der Waals surface area contributed by atoms with Crippen molar-refractivity contribution < 1.29 is 5.11 Å². The van der Waals surface area contributed by atoms with Crippen LogP contribution in [0.4, 0.5) is 0 Å². The van der Waals surface area contributed by atoms with Crippen LogP contribution >= 0.6 is 0 Å². The molecule has 4 heteroatoms. The molecule has 1 aliphatic rings. The van der Waals surface area contributed by atoms with Gasteiger partial charge in [-0.2, -0.15) is 5.10 Å². The van der Waals surface area contributed by atoms with Crippen LogP contribution in [0.1, 0.15) is 61.4 Å². The predicted molar refractivity (Wildman–Crippen MR) is 82.2 cm³/mol. The van der Waals surface area contributed by atoms with E-state index < -0.39 is 6.10 Å². The molecule has 0 saturated heterocycles. The Bertz CT molecular complexity index is 620. The van der Waals surface area contributed by atoms with Crippen LogP contribution in [0.25, 0.3) is 0 Å². The van der Waals surface area contributed by atoms with E-state index in [2.05, 4.69) is 30.0 Å². The van der Waals surface area contributed by atoms with Crippen LogP contribution in [0.2, 0.25) is 0 Å². The molecular formula is C17H23N3O. The van der Waals surface area contributed by atoms with Gasteiger partial charge in [0, 0.05) is 24.4 Å². The minimum atomic E-state index is -0.522. The number of rotatable bonds is 4. The van der Waals surface area contributed by atoms with E-state index in [-0.39, 0.29) is 5.92 Å². The molecule has 1 N–H and O–H groups in total. The maximum atomic E-state index is 10.9. The predicted octanol–water partition coefficient (Wildman–Crippen LogP) is 3.01. The van der Waals surface area contributed by atoms with Crippen LogP contribution in [0.5, 0.6) is 0 Å². The monoisotopic (exact) mass is 285 g/mol. The maximum Gasteiger partial charge on any atom is 0.104 e. The molecule has 21 heavy (non-hydrogen) atoms. The van der Waals surface area contributed by atoms with E-state index in [0.717, 1.165) is 49.3 Å². The van der Waals surface area contributed by atoms with Gasteiger partial charge < -0.3 is 5.11 Å². The maximum absolute atomic E-state index is 10.9. The van der Waals surface area contributed by atoms with Crippen LogP contribution in [-0.2, 0) is 19.4 Å². The first kappa shape index (κ1) is 14.3. The van der Waals surface area contributed by atoms with E-state index in [1.165, 1.54) is 5.56 Å². The molecule has 2 heterocycles. The fraction of sp³-hybridized carbons (Fsp3) is 0.529. The lowest BCUT2D eigenvalue weighted by Crippen LogP contribution is -2.21. The largest absolute Gasteiger partial charge is 0.386 e. The summed E-state index contributed by atoms with van der Waals surface area (Å²) in [6, 6.07) is 6.17. The van der Waals surface area contributed by atoms with Gasteiger partial charge in [0.1, 0.15) is 6.10 Å². The van der Waals surface area contributed by atoms with Crippen molar-refractivity contribution in [3.8, 4) is 0 Å². The quantitative estimate of drug-likeness (QED) is 0.939. The highest BCUT2D eigenvalue weighted by atomic mass is 16.3. The lowest BCUT2D eigenvalue weighted by Gasteiger charge is -2.28. The van der Waals surface area contributed by atoms with E-state index in [9.17, 15) is 5.11 Å². The lowest BCUT2D eigenvalue weighted by molar-refractivity contribution is 0.124. The molecule has 0 spiro atoms. The van der Waals surface area contributed by atoms with Crippen molar-refractivity contribution >= 4 is 0 Å². The topological polar surface area (TPSA) is 50.9 Å². The van der Waals surface area contributed by atoms with Crippen molar-refractivity contribution in [2.24, 2.45) is 0 Å². The highest BCUT2D eigenvalue weighted by molar-refractivity contribution is 5.29. The second-order valence-corrected chi connectivity index (χ2v) is 5.72. The number of hydrogen-bond donors (Lipinski definition) is 1. The summed E-state index contributed by atoms with van der Waals surface area (Å²) >= 11 is 0. The molecule has 0 aromatic carbocycles. The summed E-state index contributed by atoms with van der Waals surface area (Å²) < 4.78 is 1.93. The summed E-state index contributed by atoms with van der Waals surface area (Å²) in [7, 11) is 0. The van der Waals surface area contributed by atoms with Crippen molar-refractivity contribution in [3.63, 3.8) is 0 Å². The number of aromatic nitrogens is 3. The second kappa shape index (κ2) is 5.98. The first-order chi connectivity index (χ1) is 10.2.